The van der Waals surface area contributed by atoms with Crippen molar-refractivity contribution in [1.82, 2.24) is 9.55 Å². The van der Waals surface area contributed by atoms with Crippen molar-refractivity contribution in [2.24, 2.45) is 0 Å². The van der Waals surface area contributed by atoms with E-state index in [0.717, 1.165) is 28.7 Å². The van der Waals surface area contributed by atoms with E-state index in [4.69, 9.17) is 0 Å². The second kappa shape index (κ2) is 7.14. The van der Waals surface area contributed by atoms with Gasteiger partial charge in [-0.15, -0.1) is 11.3 Å². The molecule has 0 aliphatic rings. The smallest absolute Gasteiger partial charge is 0.273 e. The molecule has 0 saturated carbocycles. The molecule has 0 bridgehead atoms. The average molecular weight is 361 g/mol. The number of rotatable bonds is 5. The standard InChI is InChI=1S/C21H19N3OS/c1-15-7-10-22-20(13-15)23-21(25)18-14-19-17(9-12-26-19)24(18)11-8-16-5-3-2-4-6-16/h2-7,9-10,12-14H,8,11H2,1H3,(H,22,23,25). The van der Waals surface area contributed by atoms with Gasteiger partial charge in [0, 0.05) is 12.7 Å². The highest BCUT2D eigenvalue weighted by Gasteiger charge is 2.17. The van der Waals surface area contributed by atoms with E-state index in [1.807, 2.05) is 43.3 Å². The lowest BCUT2D eigenvalue weighted by Gasteiger charge is -2.11. The van der Waals surface area contributed by atoms with Gasteiger partial charge in [-0.05, 0) is 54.1 Å². The van der Waals surface area contributed by atoms with E-state index in [1.54, 1.807) is 17.5 Å². The first-order chi connectivity index (χ1) is 12.7. The quantitative estimate of drug-likeness (QED) is 0.549. The van der Waals surface area contributed by atoms with Crippen molar-refractivity contribution in [3.05, 3.63) is 83.0 Å². The van der Waals surface area contributed by atoms with Crippen LogP contribution in [0.1, 0.15) is 21.6 Å². The molecule has 4 aromatic rings. The number of carbonyl (C=O) groups excluding carboxylic acids is 1. The number of hydrogen-bond acceptors (Lipinski definition) is 3. The van der Waals surface area contributed by atoms with Gasteiger partial charge >= 0.3 is 0 Å². The summed E-state index contributed by atoms with van der Waals surface area (Å²) in [7, 11) is 0. The number of aromatic nitrogens is 2. The van der Waals surface area contributed by atoms with Gasteiger partial charge in [-0.2, -0.15) is 0 Å². The van der Waals surface area contributed by atoms with Crippen LogP contribution in [0.3, 0.4) is 0 Å². The zero-order valence-electron chi connectivity index (χ0n) is 14.5. The molecule has 1 N–H and O–H groups in total. The number of fused-ring (bicyclic) bond motifs is 1. The predicted octanol–water partition coefficient (Wildman–Crippen LogP) is 4.90. The summed E-state index contributed by atoms with van der Waals surface area (Å²) in [6, 6.07) is 18.2. The van der Waals surface area contributed by atoms with Crippen molar-refractivity contribution in [2.75, 3.05) is 5.32 Å². The summed E-state index contributed by atoms with van der Waals surface area (Å²) < 4.78 is 3.23. The number of pyridine rings is 1. The van der Waals surface area contributed by atoms with Crippen LogP contribution in [-0.4, -0.2) is 15.5 Å². The molecule has 3 heterocycles. The highest BCUT2D eigenvalue weighted by atomic mass is 32.1. The minimum absolute atomic E-state index is 0.125. The van der Waals surface area contributed by atoms with Crippen LogP contribution in [0.2, 0.25) is 0 Å². The first kappa shape index (κ1) is 16.5. The van der Waals surface area contributed by atoms with Gasteiger partial charge in [0.15, 0.2) is 0 Å². The lowest BCUT2D eigenvalue weighted by atomic mass is 10.1. The Labute approximate surface area is 156 Å². The number of nitrogens with zero attached hydrogens (tertiary/aromatic N) is 2. The largest absolute Gasteiger partial charge is 0.335 e. The van der Waals surface area contributed by atoms with Gasteiger partial charge in [0.25, 0.3) is 5.91 Å². The van der Waals surface area contributed by atoms with E-state index in [-0.39, 0.29) is 5.91 Å². The Morgan fingerprint density at radius 2 is 2.00 bits per heavy atom. The van der Waals surface area contributed by atoms with Gasteiger partial charge in [-0.1, -0.05) is 30.3 Å². The number of hydrogen-bond donors (Lipinski definition) is 1. The Kier molecular flexibility index (Phi) is 4.54. The Morgan fingerprint density at radius 3 is 2.81 bits per heavy atom. The molecule has 5 heteroatoms. The summed E-state index contributed by atoms with van der Waals surface area (Å²) in [6.07, 6.45) is 2.58. The molecule has 0 aliphatic carbocycles. The second-order valence-electron chi connectivity index (χ2n) is 6.26. The third-order valence-electron chi connectivity index (χ3n) is 4.38. The summed E-state index contributed by atoms with van der Waals surface area (Å²) in [6.45, 7) is 2.74. The van der Waals surface area contributed by atoms with Gasteiger partial charge in [0.2, 0.25) is 0 Å². The monoisotopic (exact) mass is 361 g/mol. The molecule has 0 saturated heterocycles. The Hall–Kier alpha value is -2.92. The molecule has 26 heavy (non-hydrogen) atoms. The van der Waals surface area contributed by atoms with Crippen molar-refractivity contribution >= 4 is 33.3 Å². The van der Waals surface area contributed by atoms with E-state index >= 15 is 0 Å². The topological polar surface area (TPSA) is 46.9 Å². The summed E-state index contributed by atoms with van der Waals surface area (Å²) >= 11 is 1.65. The number of anilines is 1. The fourth-order valence-corrected chi connectivity index (χ4v) is 3.90. The van der Waals surface area contributed by atoms with Gasteiger partial charge in [-0.25, -0.2) is 4.98 Å². The van der Waals surface area contributed by atoms with E-state index in [1.165, 1.54) is 5.56 Å². The van der Waals surface area contributed by atoms with Gasteiger partial charge in [0.05, 0.1) is 10.2 Å². The van der Waals surface area contributed by atoms with E-state index in [2.05, 4.69) is 38.4 Å². The zero-order valence-corrected chi connectivity index (χ0v) is 15.3. The number of thiophene rings is 1. The summed E-state index contributed by atoms with van der Waals surface area (Å²) in [5, 5.41) is 4.99. The first-order valence-electron chi connectivity index (χ1n) is 8.55. The molecule has 0 fully saturated rings. The molecule has 0 spiro atoms. The van der Waals surface area contributed by atoms with Crippen LogP contribution in [0.15, 0.2) is 66.2 Å². The third-order valence-corrected chi connectivity index (χ3v) is 5.23. The lowest BCUT2D eigenvalue weighted by molar-refractivity contribution is 0.101. The van der Waals surface area contributed by atoms with Crippen LogP contribution in [0.5, 0.6) is 0 Å². The number of carbonyl (C=O) groups is 1. The van der Waals surface area contributed by atoms with Crippen LogP contribution in [0.25, 0.3) is 10.2 Å². The number of benzene rings is 1. The van der Waals surface area contributed by atoms with Gasteiger partial charge < -0.3 is 9.88 Å². The van der Waals surface area contributed by atoms with Crippen LogP contribution in [-0.2, 0) is 13.0 Å². The van der Waals surface area contributed by atoms with Crippen LogP contribution >= 0.6 is 11.3 Å². The normalized spacial score (nSPS) is 11.0. The molecule has 4 nitrogen and oxygen atoms in total. The lowest BCUT2D eigenvalue weighted by Crippen LogP contribution is -2.18. The molecule has 3 aromatic heterocycles. The first-order valence-corrected chi connectivity index (χ1v) is 9.43. The molecule has 4 rings (SSSR count). The molecule has 1 aromatic carbocycles. The molecule has 0 aliphatic heterocycles. The molecular weight excluding hydrogens is 342 g/mol. The van der Waals surface area contributed by atoms with E-state index < -0.39 is 0 Å². The van der Waals surface area contributed by atoms with Gasteiger partial charge in [-0.3, -0.25) is 4.79 Å². The Morgan fingerprint density at radius 1 is 1.15 bits per heavy atom. The van der Waals surface area contributed by atoms with Crippen LogP contribution in [0, 0.1) is 6.92 Å². The SMILES string of the molecule is Cc1ccnc(NC(=O)c2cc3sccc3n2CCc2ccccc2)c1. The minimum atomic E-state index is -0.125. The molecule has 1 amide bonds. The highest BCUT2D eigenvalue weighted by Crippen LogP contribution is 2.26. The summed E-state index contributed by atoms with van der Waals surface area (Å²) in [5.74, 6) is 0.453. The number of amides is 1. The van der Waals surface area contributed by atoms with Crippen LogP contribution in [0.4, 0.5) is 5.82 Å². The van der Waals surface area contributed by atoms with E-state index in [9.17, 15) is 4.79 Å². The maximum absolute atomic E-state index is 12.9. The fraction of sp³-hybridized carbons (Fsp3) is 0.143. The fourth-order valence-electron chi connectivity index (χ4n) is 3.08. The zero-order chi connectivity index (χ0) is 17.9. The molecule has 130 valence electrons. The Balaban J connectivity index is 1.62. The van der Waals surface area contributed by atoms with Crippen LogP contribution < -0.4 is 5.32 Å². The predicted molar refractivity (Wildman–Crippen MR) is 107 cm³/mol. The molecule has 0 unspecified atom stereocenters. The maximum atomic E-state index is 12.9. The summed E-state index contributed by atoms with van der Waals surface area (Å²) in [4.78, 5) is 17.1. The van der Waals surface area contributed by atoms with Crippen molar-refractivity contribution < 1.29 is 4.79 Å². The van der Waals surface area contributed by atoms with Crippen molar-refractivity contribution in [3.8, 4) is 0 Å². The number of aryl methyl sites for hydroxylation is 3. The molecule has 0 radical (unpaired) electrons. The third kappa shape index (κ3) is 3.39. The van der Waals surface area contributed by atoms with Crippen molar-refractivity contribution in [1.29, 1.82) is 0 Å². The maximum Gasteiger partial charge on any atom is 0.273 e. The van der Waals surface area contributed by atoms with Crippen molar-refractivity contribution in [3.63, 3.8) is 0 Å². The Bertz CT molecular complexity index is 1050. The van der Waals surface area contributed by atoms with Gasteiger partial charge in [0.1, 0.15) is 11.5 Å². The summed E-state index contributed by atoms with van der Waals surface area (Å²) in [5.41, 5.74) is 4.10. The van der Waals surface area contributed by atoms with E-state index in [0.29, 0.717) is 11.5 Å². The number of nitrogens with one attached hydrogen (secondary N) is 1. The van der Waals surface area contributed by atoms with Crippen molar-refractivity contribution in [2.45, 2.75) is 19.9 Å². The second-order valence-corrected chi connectivity index (χ2v) is 7.21. The highest BCUT2D eigenvalue weighted by molar-refractivity contribution is 7.17. The molecular formula is C21H19N3OS. The molecule has 0 atom stereocenters. The minimum Gasteiger partial charge on any atom is -0.335 e. The average Bonchev–Trinajstić information content (AvgIpc) is 3.22.